The van der Waals surface area contributed by atoms with E-state index in [1.165, 1.54) is 0 Å². The minimum atomic E-state index is -3.28. The number of rotatable bonds is 10. The van der Waals surface area contributed by atoms with E-state index in [4.69, 9.17) is 11.6 Å². The van der Waals surface area contributed by atoms with Gasteiger partial charge in [0.25, 0.3) is 0 Å². The highest BCUT2D eigenvalue weighted by Crippen LogP contribution is 2.35. The number of hydrogen-bond acceptors (Lipinski definition) is 5. The van der Waals surface area contributed by atoms with Gasteiger partial charge in [0.2, 0.25) is 10.0 Å². The average molecular weight is 522 g/mol. The Labute approximate surface area is 216 Å². The third-order valence-corrected chi connectivity index (χ3v) is 9.35. The summed E-state index contributed by atoms with van der Waals surface area (Å²) in [6.07, 6.45) is 3.14. The number of anilines is 2. The van der Waals surface area contributed by atoms with Crippen LogP contribution in [-0.2, 0) is 15.6 Å². The molecule has 0 aromatic heterocycles. The van der Waals surface area contributed by atoms with Crippen molar-refractivity contribution in [2.75, 3.05) is 36.4 Å². The molecule has 0 aliphatic carbocycles. The lowest BCUT2D eigenvalue weighted by Crippen LogP contribution is -2.42. The number of hydrogen-bond donors (Lipinski definition) is 3. The first kappa shape index (κ1) is 27.8. The first-order valence-corrected chi connectivity index (χ1v) is 14.3. The fourth-order valence-electron chi connectivity index (χ4n) is 4.24. The summed E-state index contributed by atoms with van der Waals surface area (Å²) in [5, 5.41) is 15.2. The van der Waals surface area contributed by atoms with Crippen molar-refractivity contribution in [1.29, 1.82) is 0 Å². The molecule has 0 amide bonds. The van der Waals surface area contributed by atoms with Gasteiger partial charge in [-0.25, -0.2) is 13.1 Å². The second kappa shape index (κ2) is 11.5. The van der Waals surface area contributed by atoms with Crippen molar-refractivity contribution in [2.24, 2.45) is 5.92 Å². The van der Waals surface area contributed by atoms with Gasteiger partial charge in [-0.15, -0.1) is 0 Å². The third-order valence-electron chi connectivity index (χ3n) is 6.91. The second-order valence-corrected chi connectivity index (χ2v) is 13.6. The van der Waals surface area contributed by atoms with Crippen LogP contribution < -0.4 is 14.9 Å². The van der Waals surface area contributed by atoms with E-state index < -0.39 is 20.4 Å². The fraction of sp³-hybridized carbons (Fsp3) is 0.556. The first-order chi connectivity index (χ1) is 16.4. The molecule has 1 aliphatic heterocycles. The van der Waals surface area contributed by atoms with Gasteiger partial charge in [0.1, 0.15) is 0 Å². The van der Waals surface area contributed by atoms with E-state index in [9.17, 15) is 13.5 Å². The summed E-state index contributed by atoms with van der Waals surface area (Å²) in [5.41, 5.74) is 2.37. The molecule has 194 valence electrons. The average Bonchev–Trinajstić information content (AvgIpc) is 2.80. The van der Waals surface area contributed by atoms with E-state index in [1.54, 1.807) is 20.8 Å². The number of halogens is 1. The molecule has 2 aromatic carbocycles. The molecule has 0 bridgehead atoms. The van der Waals surface area contributed by atoms with E-state index in [-0.39, 0.29) is 0 Å². The van der Waals surface area contributed by atoms with Crippen molar-refractivity contribution in [3.05, 3.63) is 59.1 Å². The third kappa shape index (κ3) is 7.59. The Morgan fingerprint density at radius 1 is 1.00 bits per heavy atom. The second-order valence-electron chi connectivity index (χ2n) is 10.7. The van der Waals surface area contributed by atoms with Crippen LogP contribution in [0.15, 0.2) is 48.5 Å². The molecule has 2 aromatic rings. The van der Waals surface area contributed by atoms with Crippen LogP contribution in [0.1, 0.15) is 58.9 Å². The molecule has 1 fully saturated rings. The van der Waals surface area contributed by atoms with Crippen LogP contribution in [-0.4, -0.2) is 44.5 Å². The zero-order valence-corrected chi connectivity index (χ0v) is 22.9. The maximum absolute atomic E-state index is 12.1. The molecule has 8 heteroatoms. The normalized spacial score (nSPS) is 17.3. The molecule has 6 nitrogen and oxygen atoms in total. The zero-order chi connectivity index (χ0) is 25.7. The highest BCUT2D eigenvalue weighted by atomic mass is 35.5. The van der Waals surface area contributed by atoms with Crippen LogP contribution in [0, 0.1) is 5.92 Å². The van der Waals surface area contributed by atoms with Crippen molar-refractivity contribution >= 4 is 33.0 Å². The van der Waals surface area contributed by atoms with Gasteiger partial charge in [0, 0.05) is 42.6 Å². The molecule has 35 heavy (non-hydrogen) atoms. The molecule has 1 aliphatic rings. The number of sulfonamides is 1. The maximum atomic E-state index is 12.1. The van der Waals surface area contributed by atoms with Crippen molar-refractivity contribution < 1.29 is 13.5 Å². The lowest BCUT2D eigenvalue weighted by Gasteiger charge is -2.39. The maximum Gasteiger partial charge on any atom is 0.216 e. The van der Waals surface area contributed by atoms with E-state index in [0.717, 1.165) is 49.4 Å². The monoisotopic (exact) mass is 521 g/mol. The SMILES string of the molecule is CC(CCNc1ccc(N2CCC(O)(c3ccc(Cl)cc3)CC2)cc1)CCNS(=O)(=O)C(C)(C)C. The Morgan fingerprint density at radius 3 is 2.14 bits per heavy atom. The number of aliphatic hydroxyl groups is 1. The summed E-state index contributed by atoms with van der Waals surface area (Å²) in [7, 11) is -3.28. The Kier molecular flexibility index (Phi) is 9.13. The Bertz CT molecular complexity index is 1040. The van der Waals surface area contributed by atoms with Gasteiger partial charge in [0.15, 0.2) is 0 Å². The smallest absolute Gasteiger partial charge is 0.216 e. The lowest BCUT2D eigenvalue weighted by atomic mass is 9.84. The van der Waals surface area contributed by atoms with Crippen LogP contribution in [0.4, 0.5) is 11.4 Å². The summed E-state index contributed by atoms with van der Waals surface area (Å²) in [6, 6.07) is 16.0. The van der Waals surface area contributed by atoms with Gasteiger partial charge < -0.3 is 15.3 Å². The fourth-order valence-corrected chi connectivity index (χ4v) is 5.18. The molecular weight excluding hydrogens is 482 g/mol. The molecule has 1 heterocycles. The van der Waals surface area contributed by atoms with Gasteiger partial charge >= 0.3 is 0 Å². The van der Waals surface area contributed by atoms with E-state index in [2.05, 4.69) is 46.1 Å². The van der Waals surface area contributed by atoms with E-state index in [1.807, 2.05) is 24.3 Å². The van der Waals surface area contributed by atoms with Crippen molar-refractivity contribution in [3.63, 3.8) is 0 Å². The van der Waals surface area contributed by atoms with Crippen LogP contribution in [0.3, 0.4) is 0 Å². The molecule has 1 atom stereocenters. The van der Waals surface area contributed by atoms with Crippen LogP contribution >= 0.6 is 11.6 Å². The van der Waals surface area contributed by atoms with Gasteiger partial charge in [-0.2, -0.15) is 0 Å². The summed E-state index contributed by atoms with van der Waals surface area (Å²) >= 11 is 5.99. The summed E-state index contributed by atoms with van der Waals surface area (Å²) in [5.74, 6) is 0.414. The van der Waals surface area contributed by atoms with E-state index in [0.29, 0.717) is 30.3 Å². The summed E-state index contributed by atoms with van der Waals surface area (Å²) in [6.45, 7) is 10.2. The Morgan fingerprint density at radius 2 is 1.57 bits per heavy atom. The molecule has 0 radical (unpaired) electrons. The highest BCUT2D eigenvalue weighted by Gasteiger charge is 2.34. The Hall–Kier alpha value is -1.80. The van der Waals surface area contributed by atoms with Crippen molar-refractivity contribution in [3.8, 4) is 0 Å². The molecule has 1 saturated heterocycles. The highest BCUT2D eigenvalue weighted by molar-refractivity contribution is 7.90. The predicted molar refractivity (Wildman–Crippen MR) is 147 cm³/mol. The van der Waals surface area contributed by atoms with E-state index >= 15 is 0 Å². The van der Waals surface area contributed by atoms with Crippen LogP contribution in [0.2, 0.25) is 5.02 Å². The molecule has 3 rings (SSSR count). The van der Waals surface area contributed by atoms with Gasteiger partial charge in [0.05, 0.1) is 10.3 Å². The number of nitrogens with one attached hydrogen (secondary N) is 2. The topological polar surface area (TPSA) is 81.7 Å². The van der Waals surface area contributed by atoms with Gasteiger partial charge in [-0.3, -0.25) is 0 Å². The molecule has 0 saturated carbocycles. The summed E-state index contributed by atoms with van der Waals surface area (Å²) < 4.78 is 26.2. The Balaban J connectivity index is 1.40. The standard InChI is InChI=1S/C27H40ClN3O3S/c1-21(14-18-30-35(33,34)26(2,3)4)13-17-29-24-9-11-25(12-10-24)31-19-15-27(32,16-20-31)22-5-7-23(28)8-6-22/h5-12,21,29-30,32H,13-20H2,1-4H3. The quantitative estimate of drug-likeness (QED) is 0.391. The van der Waals surface area contributed by atoms with Gasteiger partial charge in [-0.1, -0.05) is 30.7 Å². The first-order valence-electron chi connectivity index (χ1n) is 12.5. The van der Waals surface area contributed by atoms with Crippen molar-refractivity contribution in [2.45, 2.75) is 63.7 Å². The molecule has 1 unspecified atom stereocenters. The zero-order valence-electron chi connectivity index (χ0n) is 21.4. The van der Waals surface area contributed by atoms with Crippen LogP contribution in [0.25, 0.3) is 0 Å². The minimum Gasteiger partial charge on any atom is -0.385 e. The number of benzene rings is 2. The minimum absolute atomic E-state index is 0.414. The molecule has 3 N–H and O–H groups in total. The molecular formula is C27H40ClN3O3S. The van der Waals surface area contributed by atoms with Crippen molar-refractivity contribution in [1.82, 2.24) is 4.72 Å². The van der Waals surface area contributed by atoms with Crippen LogP contribution in [0.5, 0.6) is 0 Å². The van der Waals surface area contributed by atoms with Gasteiger partial charge in [-0.05, 0) is 94.3 Å². The number of piperidine rings is 1. The molecule has 0 spiro atoms. The largest absolute Gasteiger partial charge is 0.385 e. The lowest BCUT2D eigenvalue weighted by molar-refractivity contribution is 0.0118. The predicted octanol–water partition coefficient (Wildman–Crippen LogP) is 5.37. The number of nitrogens with zero attached hydrogens (tertiary/aromatic N) is 1. The summed E-state index contributed by atoms with van der Waals surface area (Å²) in [4.78, 5) is 2.31.